The van der Waals surface area contributed by atoms with E-state index in [2.05, 4.69) is 53.8 Å². The van der Waals surface area contributed by atoms with Gasteiger partial charge in [0.1, 0.15) is 11.9 Å². The van der Waals surface area contributed by atoms with Crippen LogP contribution in [0.4, 0.5) is 11.4 Å². The van der Waals surface area contributed by atoms with Crippen molar-refractivity contribution in [3.8, 4) is 11.3 Å². The van der Waals surface area contributed by atoms with Crippen molar-refractivity contribution in [3.05, 3.63) is 65.6 Å². The lowest BCUT2D eigenvalue weighted by Crippen LogP contribution is -2.54. The molecule has 1 atom stereocenters. The van der Waals surface area contributed by atoms with Gasteiger partial charge in [0.2, 0.25) is 11.8 Å². The molecule has 4 amide bonds. The lowest BCUT2D eigenvalue weighted by atomic mass is 9.95. The number of amides is 4. The minimum Gasteiger partial charge on any atom is -0.372 e. The van der Waals surface area contributed by atoms with Gasteiger partial charge in [-0.25, -0.2) is 4.98 Å². The number of rotatable bonds is 6. The zero-order valence-corrected chi connectivity index (χ0v) is 26.0. The van der Waals surface area contributed by atoms with E-state index in [0.717, 1.165) is 69.4 Å². The second kappa shape index (κ2) is 11.7. The highest BCUT2D eigenvalue weighted by Crippen LogP contribution is 2.32. The van der Waals surface area contributed by atoms with E-state index in [1.165, 1.54) is 42.0 Å². The van der Waals surface area contributed by atoms with Crippen molar-refractivity contribution in [2.45, 2.75) is 51.1 Å². The van der Waals surface area contributed by atoms with Crippen LogP contribution in [0, 0.1) is 5.92 Å². The van der Waals surface area contributed by atoms with E-state index in [1.807, 2.05) is 12.3 Å². The first-order valence-corrected chi connectivity index (χ1v) is 16.7. The highest BCUT2D eigenvalue weighted by Gasteiger charge is 2.44. The third-order valence-electron chi connectivity index (χ3n) is 10.5. The number of piperazine rings is 1. The number of nitrogens with one attached hydrogen (secondary N) is 1. The van der Waals surface area contributed by atoms with E-state index in [-0.39, 0.29) is 18.7 Å². The van der Waals surface area contributed by atoms with Gasteiger partial charge in [0.25, 0.3) is 11.8 Å². The smallest absolute Gasteiger partial charge is 0.262 e. The third-order valence-corrected chi connectivity index (χ3v) is 10.5. The van der Waals surface area contributed by atoms with Crippen LogP contribution in [0.15, 0.2) is 48.7 Å². The van der Waals surface area contributed by atoms with E-state index in [4.69, 9.17) is 0 Å². The summed E-state index contributed by atoms with van der Waals surface area (Å²) >= 11 is 0. The van der Waals surface area contributed by atoms with Crippen molar-refractivity contribution in [2.75, 3.05) is 55.6 Å². The zero-order chi connectivity index (χ0) is 31.4. The van der Waals surface area contributed by atoms with Gasteiger partial charge in [0.15, 0.2) is 0 Å². The van der Waals surface area contributed by atoms with Crippen molar-refractivity contribution in [1.82, 2.24) is 24.7 Å². The van der Waals surface area contributed by atoms with Gasteiger partial charge in [0.05, 0.1) is 23.0 Å². The average molecular weight is 622 g/mol. The number of imidazole rings is 1. The molecule has 11 nitrogen and oxygen atoms in total. The molecule has 5 aliphatic rings. The fourth-order valence-corrected chi connectivity index (χ4v) is 7.91. The normalized spacial score (nSPS) is 22.4. The molecule has 11 heteroatoms. The van der Waals surface area contributed by atoms with E-state index in [1.54, 1.807) is 12.1 Å². The quantitative estimate of drug-likeness (QED) is 0.419. The number of imide groups is 2. The van der Waals surface area contributed by atoms with Crippen molar-refractivity contribution in [2.24, 2.45) is 5.92 Å². The Bertz CT molecular complexity index is 1700. The summed E-state index contributed by atoms with van der Waals surface area (Å²) < 4.78 is 2.36. The molecule has 5 aliphatic heterocycles. The fourth-order valence-electron chi connectivity index (χ4n) is 7.91. The van der Waals surface area contributed by atoms with Crippen LogP contribution < -0.4 is 15.1 Å². The minimum atomic E-state index is -0.946. The number of carbonyl (C=O) groups is 4. The molecule has 1 N–H and O–H groups in total. The Morgan fingerprint density at radius 2 is 1.46 bits per heavy atom. The molecule has 1 aromatic heterocycles. The van der Waals surface area contributed by atoms with Gasteiger partial charge in [-0.2, -0.15) is 0 Å². The molecule has 0 spiro atoms. The van der Waals surface area contributed by atoms with E-state index in [0.29, 0.717) is 17.0 Å². The fraction of sp³-hybridized carbons (Fsp3) is 0.457. The minimum absolute atomic E-state index is 0.112. The average Bonchev–Trinajstić information content (AvgIpc) is 3.77. The van der Waals surface area contributed by atoms with Gasteiger partial charge >= 0.3 is 0 Å². The molecule has 3 aromatic rings. The number of hydrogen-bond acceptors (Lipinski definition) is 8. The highest BCUT2D eigenvalue weighted by molar-refractivity contribution is 6.23. The maximum atomic E-state index is 13.3. The van der Waals surface area contributed by atoms with Crippen LogP contribution in [-0.4, -0.2) is 94.8 Å². The maximum absolute atomic E-state index is 13.3. The predicted octanol–water partition coefficient (Wildman–Crippen LogP) is 2.94. The molecule has 1 unspecified atom stereocenters. The van der Waals surface area contributed by atoms with Crippen LogP contribution in [0.1, 0.15) is 58.6 Å². The Kier molecular flexibility index (Phi) is 7.35. The Labute approximate surface area is 268 Å². The molecule has 46 heavy (non-hydrogen) atoms. The molecule has 6 heterocycles. The molecule has 0 radical (unpaired) electrons. The molecule has 8 rings (SSSR count). The lowest BCUT2D eigenvalue weighted by molar-refractivity contribution is -0.136. The van der Waals surface area contributed by atoms with Gasteiger partial charge in [-0.1, -0.05) is 12.1 Å². The number of fused-ring (bicyclic) bond motifs is 2. The first-order valence-electron chi connectivity index (χ1n) is 16.7. The summed E-state index contributed by atoms with van der Waals surface area (Å²) in [5.41, 5.74) is 5.34. The summed E-state index contributed by atoms with van der Waals surface area (Å²) in [4.78, 5) is 63.2. The molecule has 238 valence electrons. The molecule has 0 aliphatic carbocycles. The maximum Gasteiger partial charge on any atom is 0.262 e. The number of carbonyl (C=O) groups excluding carboxylic acids is 4. The molecular formula is C35H39N7O4. The molecular weight excluding hydrogens is 582 g/mol. The summed E-state index contributed by atoms with van der Waals surface area (Å²) in [5.74, 6) is -0.000953. The molecule has 0 bridgehead atoms. The van der Waals surface area contributed by atoms with Gasteiger partial charge in [0, 0.05) is 76.6 Å². The summed E-state index contributed by atoms with van der Waals surface area (Å²) in [6, 6.07) is 13.5. The van der Waals surface area contributed by atoms with Crippen molar-refractivity contribution in [1.29, 1.82) is 0 Å². The van der Waals surface area contributed by atoms with Gasteiger partial charge < -0.3 is 14.4 Å². The second-order valence-electron chi connectivity index (χ2n) is 13.3. The van der Waals surface area contributed by atoms with Crippen LogP contribution in [0.25, 0.3) is 11.3 Å². The Balaban J connectivity index is 0.828. The number of aromatic nitrogens is 2. The molecule has 2 aromatic carbocycles. The molecule has 0 saturated carbocycles. The van der Waals surface area contributed by atoms with E-state index >= 15 is 0 Å². The van der Waals surface area contributed by atoms with Gasteiger partial charge in [-0.05, 0) is 67.5 Å². The largest absolute Gasteiger partial charge is 0.372 e. The number of aryl methyl sites for hydroxylation is 1. The number of hydrogen-bond donors (Lipinski definition) is 1. The standard InChI is InChI=1S/C35H39N7O4/c43-32-10-9-29(33(44)37-32)42-34(45)27-8-7-26(20-28(27)35(42)46)40-18-16-38(17-19-40)22-23-11-14-39(15-12-23)25-5-3-24(4-6-25)30-21-36-31-2-1-13-41(30)31/h3-8,20-21,23,29H,1-2,9-19,22H2,(H,37,43,44). The highest BCUT2D eigenvalue weighted by atomic mass is 16.2. The number of anilines is 2. The number of benzene rings is 2. The molecule has 3 fully saturated rings. The monoisotopic (exact) mass is 621 g/mol. The summed E-state index contributed by atoms with van der Waals surface area (Å²) in [7, 11) is 0. The van der Waals surface area contributed by atoms with Crippen molar-refractivity contribution in [3.63, 3.8) is 0 Å². The summed E-state index contributed by atoms with van der Waals surface area (Å²) in [6.07, 6.45) is 6.92. The van der Waals surface area contributed by atoms with Crippen LogP contribution in [-0.2, 0) is 22.6 Å². The number of piperidine rings is 2. The Morgan fingerprint density at radius 3 is 2.22 bits per heavy atom. The topological polar surface area (TPSA) is 111 Å². The van der Waals surface area contributed by atoms with Crippen LogP contribution in [0.5, 0.6) is 0 Å². The van der Waals surface area contributed by atoms with Crippen molar-refractivity contribution >= 4 is 35.0 Å². The first-order chi connectivity index (χ1) is 22.4. The first kappa shape index (κ1) is 28.9. The third kappa shape index (κ3) is 5.16. The number of nitrogens with zero attached hydrogens (tertiary/aromatic N) is 6. The van der Waals surface area contributed by atoms with Crippen LogP contribution in [0.2, 0.25) is 0 Å². The van der Waals surface area contributed by atoms with Crippen LogP contribution >= 0.6 is 0 Å². The van der Waals surface area contributed by atoms with Crippen molar-refractivity contribution < 1.29 is 19.2 Å². The van der Waals surface area contributed by atoms with Gasteiger partial charge in [-0.15, -0.1) is 0 Å². The predicted molar refractivity (Wildman–Crippen MR) is 173 cm³/mol. The van der Waals surface area contributed by atoms with E-state index < -0.39 is 23.8 Å². The van der Waals surface area contributed by atoms with Crippen LogP contribution in [0.3, 0.4) is 0 Å². The molecule has 3 saturated heterocycles. The lowest BCUT2D eigenvalue weighted by Gasteiger charge is -2.40. The second-order valence-corrected chi connectivity index (χ2v) is 13.3. The summed E-state index contributed by atoms with van der Waals surface area (Å²) in [5, 5.41) is 2.25. The SMILES string of the molecule is O=C1CCC(N2C(=O)c3ccc(N4CCN(CC5CCN(c6ccc(-c7cnc8n7CCC8)cc6)CC5)CC4)cc3C2=O)C(=O)N1. The van der Waals surface area contributed by atoms with Gasteiger partial charge in [-0.3, -0.25) is 34.3 Å². The Hall–Kier alpha value is -4.51. The zero-order valence-electron chi connectivity index (χ0n) is 26.0. The van der Waals surface area contributed by atoms with E-state index in [9.17, 15) is 19.2 Å². The Morgan fingerprint density at radius 1 is 0.739 bits per heavy atom. The summed E-state index contributed by atoms with van der Waals surface area (Å²) in [6.45, 7) is 7.92.